The van der Waals surface area contributed by atoms with Crippen LogP contribution in [0.15, 0.2) is 41.7 Å². The second-order valence-corrected chi connectivity index (χ2v) is 9.11. The van der Waals surface area contributed by atoms with Crippen LogP contribution in [0.1, 0.15) is 48.2 Å². The number of methoxy groups -OCH3 is 1. The lowest BCUT2D eigenvalue weighted by Gasteiger charge is -2.37. The van der Waals surface area contributed by atoms with Gasteiger partial charge in [-0.3, -0.25) is 9.79 Å². The van der Waals surface area contributed by atoms with E-state index in [9.17, 15) is 4.79 Å². The summed E-state index contributed by atoms with van der Waals surface area (Å²) in [6.07, 6.45) is 8.90. The first-order valence-electron chi connectivity index (χ1n) is 10.9. The Hall–Kier alpha value is -2.65. The van der Waals surface area contributed by atoms with Crippen molar-refractivity contribution in [1.82, 2.24) is 9.97 Å². The molecular formula is C23H29N5O3S. The number of rotatable bonds is 8. The van der Waals surface area contributed by atoms with Crippen molar-refractivity contribution in [2.24, 2.45) is 16.6 Å². The predicted molar refractivity (Wildman–Crippen MR) is 126 cm³/mol. The normalized spacial score (nSPS) is 21.2. The summed E-state index contributed by atoms with van der Waals surface area (Å²) < 4.78 is 10.3. The number of carbonyl (C=O) groups excluding carboxylic acids is 1. The summed E-state index contributed by atoms with van der Waals surface area (Å²) >= 11 is 1.62. The van der Waals surface area contributed by atoms with E-state index in [-0.39, 0.29) is 17.1 Å². The molecule has 1 aromatic carbocycles. The second-order valence-electron chi connectivity index (χ2n) is 8.11. The van der Waals surface area contributed by atoms with Crippen LogP contribution in [0.3, 0.4) is 0 Å². The average molecular weight is 456 g/mol. The number of amides is 1. The molecule has 3 N–H and O–H groups in total. The highest BCUT2D eigenvalue weighted by atomic mass is 32.2. The van der Waals surface area contributed by atoms with Crippen LogP contribution in [-0.2, 0) is 10.3 Å². The molecule has 2 heterocycles. The SMILES string of the molecule is COCCOc1cnc(C(=O)Nc2cccc(C3(C4CCCCC4)CSC(N)=N3)c2)cn1. The van der Waals surface area contributed by atoms with Gasteiger partial charge in [-0.15, -0.1) is 0 Å². The van der Waals surface area contributed by atoms with Crippen LogP contribution in [-0.4, -0.2) is 47.1 Å². The first-order valence-corrected chi connectivity index (χ1v) is 11.9. The van der Waals surface area contributed by atoms with Gasteiger partial charge in [-0.05, 0) is 36.5 Å². The predicted octanol–water partition coefficient (Wildman–Crippen LogP) is 3.59. The van der Waals surface area contributed by atoms with Crippen molar-refractivity contribution in [3.8, 4) is 5.88 Å². The number of anilines is 1. The van der Waals surface area contributed by atoms with Crippen molar-refractivity contribution in [3.63, 3.8) is 0 Å². The maximum atomic E-state index is 12.7. The van der Waals surface area contributed by atoms with Gasteiger partial charge in [0.05, 0.1) is 19.0 Å². The second kappa shape index (κ2) is 10.3. The van der Waals surface area contributed by atoms with Gasteiger partial charge < -0.3 is 20.5 Å². The zero-order valence-electron chi connectivity index (χ0n) is 18.3. The minimum absolute atomic E-state index is 0.218. The summed E-state index contributed by atoms with van der Waals surface area (Å²) in [5.74, 6) is 1.33. The van der Waals surface area contributed by atoms with Crippen molar-refractivity contribution in [3.05, 3.63) is 47.9 Å². The molecule has 9 heteroatoms. The number of hydrogen-bond acceptors (Lipinski definition) is 8. The van der Waals surface area contributed by atoms with E-state index in [1.807, 2.05) is 18.2 Å². The standard InChI is InChI=1S/C23H29N5O3S/c1-30-10-11-31-20-14-25-19(13-26-20)21(29)27-18-9-5-8-17(12-18)23(15-32-22(24)28-23)16-6-3-2-4-7-16/h5,8-9,12-14,16H,2-4,6-7,10-11,15H2,1H3,(H2,24,28)(H,27,29). The maximum Gasteiger partial charge on any atom is 0.275 e. The molecule has 1 saturated carbocycles. The van der Waals surface area contributed by atoms with Crippen molar-refractivity contribution >= 4 is 28.5 Å². The van der Waals surface area contributed by atoms with Crippen LogP contribution in [0.2, 0.25) is 0 Å². The summed E-state index contributed by atoms with van der Waals surface area (Å²) in [6, 6.07) is 7.95. The number of carbonyl (C=O) groups is 1. The Labute approximate surface area is 192 Å². The lowest BCUT2D eigenvalue weighted by Crippen LogP contribution is -2.35. The zero-order chi connectivity index (χ0) is 22.4. The van der Waals surface area contributed by atoms with E-state index in [0.717, 1.165) is 24.2 Å². The van der Waals surface area contributed by atoms with E-state index in [0.29, 0.717) is 35.9 Å². The number of nitrogens with zero attached hydrogens (tertiary/aromatic N) is 3. The number of amidine groups is 1. The number of thioether (sulfide) groups is 1. The molecule has 1 aliphatic carbocycles. The number of benzene rings is 1. The number of aliphatic imine (C=N–C) groups is 1. The molecule has 0 spiro atoms. The number of aromatic nitrogens is 2. The van der Waals surface area contributed by atoms with Crippen LogP contribution >= 0.6 is 11.8 Å². The van der Waals surface area contributed by atoms with Crippen LogP contribution in [0.25, 0.3) is 0 Å². The van der Waals surface area contributed by atoms with E-state index < -0.39 is 0 Å². The summed E-state index contributed by atoms with van der Waals surface area (Å²) in [5, 5.41) is 3.58. The molecule has 1 amide bonds. The van der Waals surface area contributed by atoms with Gasteiger partial charge in [0.1, 0.15) is 17.8 Å². The molecule has 2 aliphatic rings. The highest BCUT2D eigenvalue weighted by Gasteiger charge is 2.44. The summed E-state index contributed by atoms with van der Waals surface area (Å²) in [6.45, 7) is 0.828. The van der Waals surface area contributed by atoms with E-state index in [4.69, 9.17) is 20.2 Å². The van der Waals surface area contributed by atoms with E-state index in [1.54, 1.807) is 18.9 Å². The van der Waals surface area contributed by atoms with Crippen molar-refractivity contribution in [1.29, 1.82) is 0 Å². The van der Waals surface area contributed by atoms with E-state index in [2.05, 4.69) is 21.4 Å². The lowest BCUT2D eigenvalue weighted by molar-refractivity contribution is 0.102. The van der Waals surface area contributed by atoms with E-state index in [1.165, 1.54) is 31.7 Å². The smallest absolute Gasteiger partial charge is 0.275 e. The highest BCUT2D eigenvalue weighted by molar-refractivity contribution is 8.14. The lowest BCUT2D eigenvalue weighted by atomic mass is 9.72. The Bertz CT molecular complexity index is 962. The van der Waals surface area contributed by atoms with Gasteiger partial charge in [-0.25, -0.2) is 9.97 Å². The Morgan fingerprint density at radius 3 is 2.75 bits per heavy atom. The largest absolute Gasteiger partial charge is 0.474 e. The number of nitrogens with two attached hydrogens (primary N) is 1. The number of nitrogens with one attached hydrogen (secondary N) is 1. The molecule has 1 aliphatic heterocycles. The first kappa shape index (κ1) is 22.5. The highest BCUT2D eigenvalue weighted by Crippen LogP contribution is 2.48. The minimum atomic E-state index is -0.325. The maximum absolute atomic E-state index is 12.7. The van der Waals surface area contributed by atoms with Crippen LogP contribution < -0.4 is 15.8 Å². The molecule has 1 atom stereocenters. The first-order chi connectivity index (χ1) is 15.6. The van der Waals surface area contributed by atoms with Gasteiger partial charge in [-0.2, -0.15) is 0 Å². The molecule has 2 aromatic rings. The molecule has 0 saturated heterocycles. The van der Waals surface area contributed by atoms with Crippen molar-refractivity contribution < 1.29 is 14.3 Å². The topological polar surface area (TPSA) is 112 Å². The molecule has 0 bridgehead atoms. The monoisotopic (exact) mass is 455 g/mol. The molecule has 1 aromatic heterocycles. The Morgan fingerprint density at radius 2 is 2.06 bits per heavy atom. The Morgan fingerprint density at radius 1 is 1.22 bits per heavy atom. The Balaban J connectivity index is 1.49. The molecule has 4 rings (SSSR count). The van der Waals surface area contributed by atoms with Gasteiger partial charge in [0.15, 0.2) is 5.17 Å². The fraction of sp³-hybridized carbons (Fsp3) is 0.478. The minimum Gasteiger partial charge on any atom is -0.474 e. The summed E-state index contributed by atoms with van der Waals surface area (Å²) in [5.41, 5.74) is 7.81. The number of hydrogen-bond donors (Lipinski definition) is 2. The molecular weight excluding hydrogens is 426 g/mol. The third kappa shape index (κ3) is 5.05. The fourth-order valence-corrected chi connectivity index (χ4v) is 5.48. The number of ether oxygens (including phenoxy) is 2. The third-order valence-electron chi connectivity index (χ3n) is 6.05. The van der Waals surface area contributed by atoms with Gasteiger partial charge in [0, 0.05) is 18.6 Å². The average Bonchev–Trinajstić information content (AvgIpc) is 3.23. The van der Waals surface area contributed by atoms with Gasteiger partial charge in [0.2, 0.25) is 5.88 Å². The van der Waals surface area contributed by atoms with Crippen molar-refractivity contribution in [2.45, 2.75) is 37.6 Å². The molecule has 0 radical (unpaired) electrons. The van der Waals surface area contributed by atoms with Crippen LogP contribution in [0, 0.1) is 5.92 Å². The summed E-state index contributed by atoms with van der Waals surface area (Å²) in [7, 11) is 1.60. The molecule has 1 unspecified atom stereocenters. The molecule has 170 valence electrons. The van der Waals surface area contributed by atoms with Crippen LogP contribution in [0.5, 0.6) is 5.88 Å². The van der Waals surface area contributed by atoms with Gasteiger partial charge in [0.25, 0.3) is 5.91 Å². The third-order valence-corrected chi connectivity index (χ3v) is 7.02. The quantitative estimate of drug-likeness (QED) is 0.585. The molecule has 8 nitrogen and oxygen atoms in total. The van der Waals surface area contributed by atoms with Gasteiger partial charge in [-0.1, -0.05) is 43.2 Å². The molecule has 1 fully saturated rings. The van der Waals surface area contributed by atoms with Crippen molar-refractivity contribution in [2.75, 3.05) is 31.4 Å². The fourth-order valence-electron chi connectivity index (χ4n) is 4.42. The van der Waals surface area contributed by atoms with E-state index >= 15 is 0 Å². The Kier molecular flexibility index (Phi) is 7.26. The zero-order valence-corrected chi connectivity index (χ0v) is 19.1. The van der Waals surface area contributed by atoms with Crippen LogP contribution in [0.4, 0.5) is 5.69 Å². The summed E-state index contributed by atoms with van der Waals surface area (Å²) in [4.78, 5) is 26.0. The van der Waals surface area contributed by atoms with Gasteiger partial charge >= 0.3 is 0 Å². The molecule has 32 heavy (non-hydrogen) atoms.